The van der Waals surface area contributed by atoms with Crippen LogP contribution in [-0.2, 0) is 17.6 Å². The van der Waals surface area contributed by atoms with E-state index < -0.39 is 0 Å². The van der Waals surface area contributed by atoms with Crippen LogP contribution in [0.3, 0.4) is 0 Å². The van der Waals surface area contributed by atoms with Crippen LogP contribution in [0.5, 0.6) is 0 Å². The van der Waals surface area contributed by atoms with E-state index in [0.29, 0.717) is 0 Å². The first-order chi connectivity index (χ1) is 11.8. The molecular formula is C21H26BrNO. The first-order valence-electron chi connectivity index (χ1n) is 9.05. The van der Waals surface area contributed by atoms with Crippen molar-refractivity contribution in [3.05, 3.63) is 45.2 Å². The zero-order chi connectivity index (χ0) is 17.7. The van der Waals surface area contributed by atoms with Crippen molar-refractivity contribution in [2.75, 3.05) is 0 Å². The van der Waals surface area contributed by atoms with E-state index >= 15 is 0 Å². The Balaban J connectivity index is 0.000000487. The second kappa shape index (κ2) is 8.57. The van der Waals surface area contributed by atoms with Gasteiger partial charge in [0.1, 0.15) is 10.9 Å². The van der Waals surface area contributed by atoms with Crippen molar-refractivity contribution in [3.63, 3.8) is 0 Å². The van der Waals surface area contributed by atoms with Gasteiger partial charge >= 0.3 is 0 Å². The van der Waals surface area contributed by atoms with E-state index in [2.05, 4.69) is 33.0 Å². The van der Waals surface area contributed by atoms with Gasteiger partial charge in [0.2, 0.25) is 0 Å². The molecule has 0 aliphatic heterocycles. The summed E-state index contributed by atoms with van der Waals surface area (Å²) in [6.45, 7) is 8.00. The van der Waals surface area contributed by atoms with Crippen LogP contribution in [0.25, 0.3) is 16.3 Å². The molecule has 2 aromatic rings. The smallest absolute Gasteiger partial charge is 0.146 e. The molecule has 0 fully saturated rings. The Labute approximate surface area is 153 Å². The Hall–Kier alpha value is -1.48. The van der Waals surface area contributed by atoms with E-state index in [1.165, 1.54) is 33.0 Å². The minimum atomic E-state index is 0.910. The predicted molar refractivity (Wildman–Crippen MR) is 106 cm³/mol. The Morgan fingerprint density at radius 1 is 1.00 bits per heavy atom. The average Bonchev–Trinajstić information content (AvgIpc) is 3.28. The monoisotopic (exact) mass is 387 g/mol. The lowest BCUT2D eigenvalue weighted by Gasteiger charge is -2.10. The summed E-state index contributed by atoms with van der Waals surface area (Å²) in [5, 5.41) is 2.55. The number of hydrogen-bond donors (Lipinski definition) is 0. The molecule has 1 heterocycles. The third-order valence-electron chi connectivity index (χ3n) is 4.51. The van der Waals surface area contributed by atoms with Crippen molar-refractivity contribution >= 4 is 38.6 Å². The van der Waals surface area contributed by atoms with Crippen LogP contribution in [0.15, 0.2) is 28.5 Å². The fourth-order valence-corrected chi connectivity index (χ4v) is 3.98. The quantitative estimate of drug-likeness (QED) is 0.447. The van der Waals surface area contributed by atoms with Crippen LogP contribution in [-0.4, -0.2) is 11.3 Å². The molecule has 0 bridgehead atoms. The molecule has 2 aliphatic rings. The van der Waals surface area contributed by atoms with Gasteiger partial charge in [-0.05, 0) is 87.3 Å². The van der Waals surface area contributed by atoms with E-state index in [1.807, 2.05) is 33.9 Å². The molecular weight excluding hydrogens is 362 g/mol. The van der Waals surface area contributed by atoms with E-state index in [-0.39, 0.29) is 0 Å². The van der Waals surface area contributed by atoms with E-state index in [9.17, 15) is 4.79 Å². The number of allylic oxidation sites excluding steroid dienone is 2. The highest BCUT2D eigenvalue weighted by molar-refractivity contribution is 9.10. The zero-order valence-corrected chi connectivity index (χ0v) is 16.7. The van der Waals surface area contributed by atoms with Gasteiger partial charge in [0.25, 0.3) is 0 Å². The third-order valence-corrected chi connectivity index (χ3v) is 5.14. The van der Waals surface area contributed by atoms with Crippen molar-refractivity contribution in [1.82, 2.24) is 4.98 Å². The number of carbonyl (C=O) groups excluding carboxylic acids is 1. The third kappa shape index (κ3) is 3.32. The summed E-state index contributed by atoms with van der Waals surface area (Å²) in [5.74, 6) is 0. The molecule has 0 saturated carbocycles. The second-order valence-electron chi connectivity index (χ2n) is 5.61. The zero-order valence-electron chi connectivity index (χ0n) is 15.1. The van der Waals surface area contributed by atoms with Gasteiger partial charge in [-0.1, -0.05) is 33.8 Å². The maximum absolute atomic E-state index is 11.2. The van der Waals surface area contributed by atoms with Crippen molar-refractivity contribution < 1.29 is 4.79 Å². The normalized spacial score (nSPS) is 14.9. The number of benzene rings is 1. The van der Waals surface area contributed by atoms with Crippen molar-refractivity contribution in [2.45, 2.75) is 59.8 Å². The summed E-state index contributed by atoms with van der Waals surface area (Å²) in [6, 6.07) is 4.49. The van der Waals surface area contributed by atoms with E-state index in [1.54, 1.807) is 0 Å². The number of pyridine rings is 1. The highest BCUT2D eigenvalue weighted by Crippen LogP contribution is 2.39. The molecule has 1 aromatic heterocycles. The van der Waals surface area contributed by atoms with Crippen molar-refractivity contribution in [1.29, 1.82) is 0 Å². The molecule has 0 atom stereocenters. The van der Waals surface area contributed by atoms with Crippen molar-refractivity contribution in [3.8, 4) is 0 Å². The molecule has 0 radical (unpaired) electrons. The predicted octanol–water partition coefficient (Wildman–Crippen LogP) is 6.28. The molecule has 2 aliphatic carbocycles. The summed E-state index contributed by atoms with van der Waals surface area (Å²) in [4.78, 5) is 15.7. The van der Waals surface area contributed by atoms with Gasteiger partial charge in [0.15, 0.2) is 0 Å². The molecule has 0 amide bonds. The van der Waals surface area contributed by atoms with Gasteiger partial charge in [0, 0.05) is 11.6 Å². The summed E-state index contributed by atoms with van der Waals surface area (Å²) < 4.78 is 0.910. The Bertz CT molecular complexity index is 777. The van der Waals surface area contributed by atoms with Crippen LogP contribution in [0, 0.1) is 0 Å². The summed E-state index contributed by atoms with van der Waals surface area (Å²) in [7, 11) is 0. The largest absolute Gasteiger partial charge is 0.298 e. The standard InChI is InChI=1S/C17H14BrNO.2C2H6/c18-17-15-7-13(14-3-1-2-12(14)9-20)6-10-4-5-11(8-19-17)16(10)15;2*1-2/h6-9H,1-5H2;2*1-2H3. The molecule has 0 unspecified atom stereocenters. The number of halogens is 1. The number of carbonyl (C=O) groups is 1. The van der Waals surface area contributed by atoms with Gasteiger partial charge in [-0.25, -0.2) is 4.98 Å². The van der Waals surface area contributed by atoms with E-state index in [0.717, 1.165) is 48.6 Å². The molecule has 4 rings (SSSR count). The first kappa shape index (κ1) is 18.9. The lowest BCUT2D eigenvalue weighted by Crippen LogP contribution is -1.91. The van der Waals surface area contributed by atoms with Crippen LogP contribution in [0.2, 0.25) is 0 Å². The van der Waals surface area contributed by atoms with Crippen molar-refractivity contribution in [2.24, 2.45) is 0 Å². The SMILES string of the molecule is CC.CC.O=CC1=C(c2cc3c4c(cnc(Br)c4c2)CC3)CCC1. The lowest BCUT2D eigenvalue weighted by molar-refractivity contribution is -0.104. The van der Waals surface area contributed by atoms with Crippen LogP contribution >= 0.6 is 15.9 Å². The fourth-order valence-electron chi connectivity index (χ4n) is 3.57. The Morgan fingerprint density at radius 2 is 1.71 bits per heavy atom. The van der Waals surface area contributed by atoms with Gasteiger partial charge in [-0.15, -0.1) is 0 Å². The lowest BCUT2D eigenvalue weighted by atomic mass is 9.96. The molecule has 1 aromatic carbocycles. The van der Waals surface area contributed by atoms with Gasteiger partial charge in [-0.3, -0.25) is 4.79 Å². The number of rotatable bonds is 2. The summed E-state index contributed by atoms with van der Waals surface area (Å²) >= 11 is 3.57. The molecule has 24 heavy (non-hydrogen) atoms. The number of aryl methyl sites for hydroxylation is 2. The van der Waals surface area contributed by atoms with Gasteiger partial charge < -0.3 is 0 Å². The summed E-state index contributed by atoms with van der Waals surface area (Å²) in [6.07, 6.45) is 8.21. The number of aldehydes is 1. The van der Waals surface area contributed by atoms with Crippen LogP contribution in [0.1, 0.15) is 63.6 Å². The molecule has 0 N–H and O–H groups in total. The molecule has 0 spiro atoms. The maximum Gasteiger partial charge on any atom is 0.146 e. The molecule has 2 nitrogen and oxygen atoms in total. The van der Waals surface area contributed by atoms with Crippen LogP contribution < -0.4 is 0 Å². The maximum atomic E-state index is 11.2. The average molecular weight is 388 g/mol. The van der Waals surface area contributed by atoms with Gasteiger partial charge in [0.05, 0.1) is 0 Å². The highest BCUT2D eigenvalue weighted by atomic mass is 79.9. The van der Waals surface area contributed by atoms with Crippen LogP contribution in [0.4, 0.5) is 0 Å². The Kier molecular flexibility index (Phi) is 6.73. The van der Waals surface area contributed by atoms with Gasteiger partial charge in [-0.2, -0.15) is 0 Å². The highest BCUT2D eigenvalue weighted by Gasteiger charge is 2.21. The fraction of sp³-hybridized carbons (Fsp3) is 0.429. The Morgan fingerprint density at radius 3 is 2.42 bits per heavy atom. The molecule has 128 valence electrons. The molecule has 0 saturated heterocycles. The topological polar surface area (TPSA) is 30.0 Å². The summed E-state index contributed by atoms with van der Waals surface area (Å²) in [5.41, 5.74) is 6.19. The number of nitrogens with zero attached hydrogens (tertiary/aromatic N) is 1. The first-order valence-corrected chi connectivity index (χ1v) is 9.85. The number of hydrogen-bond acceptors (Lipinski definition) is 2. The number of aromatic nitrogens is 1. The van der Waals surface area contributed by atoms with E-state index in [4.69, 9.17) is 0 Å². The second-order valence-corrected chi connectivity index (χ2v) is 6.36. The molecule has 3 heteroatoms. The minimum absolute atomic E-state index is 0.910. The minimum Gasteiger partial charge on any atom is -0.298 e.